The summed E-state index contributed by atoms with van der Waals surface area (Å²) < 4.78 is 3.69. The summed E-state index contributed by atoms with van der Waals surface area (Å²) in [7, 11) is 3.79. The first-order valence-corrected chi connectivity index (χ1v) is 5.39. The van der Waals surface area contributed by atoms with Crippen molar-refractivity contribution in [3.05, 3.63) is 31.1 Å². The molecule has 3 rings (SSSR count). The summed E-state index contributed by atoms with van der Waals surface area (Å²) in [5, 5.41) is 15.8. The lowest BCUT2D eigenvalue weighted by molar-refractivity contribution is 0.914. The Morgan fingerprint density at radius 1 is 0.833 bits per heavy atom. The van der Waals surface area contributed by atoms with Crippen molar-refractivity contribution < 1.29 is 0 Å². The number of hydrogen-bond acceptors (Lipinski definition) is 5. The zero-order chi connectivity index (χ0) is 12.5. The van der Waals surface area contributed by atoms with Crippen LogP contribution in [0.15, 0.2) is 31.1 Å². The standard InChI is InChI=1S/C11H11N7/c1-17-6-13-15-10(17)8-3-9(5-12-4-8)11-16-14-7-18(11)2/h3-7H,1-2H3. The fourth-order valence-electron chi connectivity index (χ4n) is 1.77. The van der Waals surface area contributed by atoms with Gasteiger partial charge in [-0.1, -0.05) is 0 Å². The Morgan fingerprint density at radius 3 is 1.72 bits per heavy atom. The zero-order valence-electron chi connectivity index (χ0n) is 10.0. The van der Waals surface area contributed by atoms with Crippen LogP contribution in [0.4, 0.5) is 0 Å². The van der Waals surface area contributed by atoms with Gasteiger partial charge < -0.3 is 9.13 Å². The van der Waals surface area contributed by atoms with E-state index in [-0.39, 0.29) is 0 Å². The summed E-state index contributed by atoms with van der Waals surface area (Å²) in [6.45, 7) is 0. The first-order valence-electron chi connectivity index (χ1n) is 5.39. The van der Waals surface area contributed by atoms with Crippen molar-refractivity contribution in [2.75, 3.05) is 0 Å². The average Bonchev–Trinajstić information content (AvgIpc) is 2.98. The molecule has 0 N–H and O–H groups in total. The molecule has 0 radical (unpaired) electrons. The van der Waals surface area contributed by atoms with Gasteiger partial charge in [0.05, 0.1) is 0 Å². The quantitative estimate of drug-likeness (QED) is 0.659. The van der Waals surface area contributed by atoms with Gasteiger partial charge in [0.15, 0.2) is 11.6 Å². The topological polar surface area (TPSA) is 74.3 Å². The van der Waals surface area contributed by atoms with E-state index >= 15 is 0 Å². The molecule has 0 aliphatic carbocycles. The molecule has 0 atom stereocenters. The average molecular weight is 241 g/mol. The minimum atomic E-state index is 0.770. The van der Waals surface area contributed by atoms with E-state index in [1.807, 2.05) is 29.3 Å². The maximum Gasteiger partial charge on any atom is 0.165 e. The SMILES string of the molecule is Cn1cnnc1-c1cncc(-c2nncn2C)c1. The van der Waals surface area contributed by atoms with E-state index in [1.165, 1.54) is 0 Å². The molecular formula is C11H11N7. The third-order valence-electron chi connectivity index (χ3n) is 2.68. The Bertz CT molecular complexity index is 627. The molecule has 0 saturated heterocycles. The highest BCUT2D eigenvalue weighted by Crippen LogP contribution is 2.21. The van der Waals surface area contributed by atoms with E-state index < -0.39 is 0 Å². The van der Waals surface area contributed by atoms with E-state index in [0.29, 0.717) is 0 Å². The maximum absolute atomic E-state index is 4.22. The van der Waals surface area contributed by atoms with Crippen molar-refractivity contribution in [3.63, 3.8) is 0 Å². The lowest BCUT2D eigenvalue weighted by Crippen LogP contribution is -1.95. The number of aryl methyl sites for hydroxylation is 2. The molecule has 7 heteroatoms. The molecule has 0 bridgehead atoms. The molecule has 90 valence electrons. The number of pyridine rings is 1. The van der Waals surface area contributed by atoms with Gasteiger partial charge in [0.25, 0.3) is 0 Å². The molecule has 0 amide bonds. The Labute approximate surface area is 103 Å². The number of rotatable bonds is 2. The highest BCUT2D eigenvalue weighted by molar-refractivity contribution is 5.64. The molecule has 0 aromatic carbocycles. The van der Waals surface area contributed by atoms with E-state index in [9.17, 15) is 0 Å². The molecule has 3 aromatic heterocycles. The van der Waals surface area contributed by atoms with Gasteiger partial charge >= 0.3 is 0 Å². The van der Waals surface area contributed by atoms with Crippen LogP contribution in [-0.2, 0) is 14.1 Å². The highest BCUT2D eigenvalue weighted by atomic mass is 15.3. The van der Waals surface area contributed by atoms with Crippen LogP contribution in [0.1, 0.15) is 0 Å². The Morgan fingerprint density at radius 2 is 1.33 bits per heavy atom. The number of nitrogens with zero attached hydrogens (tertiary/aromatic N) is 7. The van der Waals surface area contributed by atoms with Crippen molar-refractivity contribution in [3.8, 4) is 22.8 Å². The number of hydrogen-bond donors (Lipinski definition) is 0. The van der Waals surface area contributed by atoms with Crippen LogP contribution < -0.4 is 0 Å². The van der Waals surface area contributed by atoms with Crippen LogP contribution in [0.5, 0.6) is 0 Å². The van der Waals surface area contributed by atoms with Crippen LogP contribution >= 0.6 is 0 Å². The Hall–Kier alpha value is -2.57. The van der Waals surface area contributed by atoms with Gasteiger partial charge in [0, 0.05) is 37.6 Å². The molecule has 0 spiro atoms. The third kappa shape index (κ3) is 1.65. The van der Waals surface area contributed by atoms with Crippen molar-refractivity contribution in [2.24, 2.45) is 14.1 Å². The normalized spacial score (nSPS) is 10.8. The first-order chi connectivity index (χ1) is 8.75. The molecule has 0 fully saturated rings. The third-order valence-corrected chi connectivity index (χ3v) is 2.68. The summed E-state index contributed by atoms with van der Waals surface area (Å²) >= 11 is 0. The van der Waals surface area contributed by atoms with Crippen molar-refractivity contribution in [1.29, 1.82) is 0 Å². The predicted octanol–water partition coefficient (Wildman–Crippen LogP) is 0.673. The summed E-state index contributed by atoms with van der Waals surface area (Å²) in [5.74, 6) is 1.54. The van der Waals surface area contributed by atoms with Gasteiger partial charge in [-0.05, 0) is 6.07 Å². The maximum atomic E-state index is 4.22. The predicted molar refractivity (Wildman–Crippen MR) is 64.2 cm³/mol. The van der Waals surface area contributed by atoms with Gasteiger partial charge in [-0.25, -0.2) is 0 Å². The van der Waals surface area contributed by atoms with E-state index in [4.69, 9.17) is 0 Å². The minimum Gasteiger partial charge on any atom is -0.317 e. The van der Waals surface area contributed by atoms with Crippen molar-refractivity contribution in [2.45, 2.75) is 0 Å². The smallest absolute Gasteiger partial charge is 0.165 e. The van der Waals surface area contributed by atoms with E-state index in [1.54, 1.807) is 25.0 Å². The largest absolute Gasteiger partial charge is 0.317 e. The van der Waals surface area contributed by atoms with Crippen LogP contribution in [0, 0.1) is 0 Å². The van der Waals surface area contributed by atoms with Gasteiger partial charge in [-0.3, -0.25) is 4.98 Å². The molecule has 0 aliphatic heterocycles. The van der Waals surface area contributed by atoms with E-state index in [0.717, 1.165) is 22.8 Å². The fraction of sp³-hybridized carbons (Fsp3) is 0.182. The molecule has 0 aliphatic rings. The summed E-state index contributed by atoms with van der Waals surface area (Å²) in [4.78, 5) is 4.22. The second-order valence-electron chi connectivity index (χ2n) is 3.99. The summed E-state index contributed by atoms with van der Waals surface area (Å²) in [6, 6.07) is 1.97. The molecule has 0 saturated carbocycles. The molecule has 3 aromatic rings. The second kappa shape index (κ2) is 4.02. The van der Waals surface area contributed by atoms with Crippen LogP contribution in [0.3, 0.4) is 0 Å². The summed E-state index contributed by atoms with van der Waals surface area (Å²) in [5.41, 5.74) is 1.80. The van der Waals surface area contributed by atoms with Gasteiger partial charge in [0.1, 0.15) is 12.7 Å². The van der Waals surface area contributed by atoms with Gasteiger partial charge in [-0.2, -0.15) is 0 Å². The monoisotopic (exact) mass is 241 g/mol. The lowest BCUT2D eigenvalue weighted by Gasteiger charge is -2.03. The minimum absolute atomic E-state index is 0.770. The molecule has 3 heterocycles. The van der Waals surface area contributed by atoms with Crippen LogP contribution in [0.25, 0.3) is 22.8 Å². The Balaban J connectivity index is 2.11. The van der Waals surface area contributed by atoms with Crippen LogP contribution in [0.2, 0.25) is 0 Å². The van der Waals surface area contributed by atoms with E-state index in [2.05, 4.69) is 25.4 Å². The summed E-state index contributed by atoms with van der Waals surface area (Å²) in [6.07, 6.45) is 6.82. The Kier molecular flexibility index (Phi) is 2.36. The fourth-order valence-corrected chi connectivity index (χ4v) is 1.77. The molecule has 7 nitrogen and oxygen atoms in total. The van der Waals surface area contributed by atoms with Gasteiger partial charge in [-0.15, -0.1) is 20.4 Å². The molecule has 0 unspecified atom stereocenters. The van der Waals surface area contributed by atoms with Crippen LogP contribution in [-0.4, -0.2) is 34.5 Å². The highest BCUT2D eigenvalue weighted by Gasteiger charge is 2.09. The zero-order valence-corrected chi connectivity index (χ0v) is 10.0. The first kappa shape index (κ1) is 10.6. The second-order valence-corrected chi connectivity index (χ2v) is 3.99. The van der Waals surface area contributed by atoms with Crippen molar-refractivity contribution >= 4 is 0 Å². The molecule has 18 heavy (non-hydrogen) atoms. The lowest BCUT2D eigenvalue weighted by atomic mass is 10.2. The van der Waals surface area contributed by atoms with Gasteiger partial charge in [0.2, 0.25) is 0 Å². The van der Waals surface area contributed by atoms with Crippen molar-refractivity contribution in [1.82, 2.24) is 34.5 Å². The molecular weight excluding hydrogens is 230 g/mol. The number of aromatic nitrogens is 7.